The molecule has 0 aliphatic heterocycles. The van der Waals surface area contributed by atoms with Crippen molar-refractivity contribution in [3.05, 3.63) is 29.3 Å². The number of halogens is 3. The number of hydrogen-bond acceptors (Lipinski definition) is 4. The van der Waals surface area contributed by atoms with Crippen LogP contribution in [0.5, 0.6) is 0 Å². The number of alkyl halides is 3. The van der Waals surface area contributed by atoms with Crippen LogP contribution in [-0.2, 0) is 6.18 Å². The van der Waals surface area contributed by atoms with Crippen LogP contribution in [0.4, 0.5) is 18.9 Å². The number of thioether (sulfide) groups is 1. The normalized spacial score (nSPS) is 11.8. The summed E-state index contributed by atoms with van der Waals surface area (Å²) in [5.41, 5.74) is -1.78. The van der Waals surface area contributed by atoms with Gasteiger partial charge in [-0.2, -0.15) is 18.4 Å². The zero-order valence-electron chi connectivity index (χ0n) is 10.0. The second-order valence-electron chi connectivity index (χ2n) is 3.39. The van der Waals surface area contributed by atoms with Crippen LogP contribution in [0.2, 0.25) is 0 Å². The Morgan fingerprint density at radius 3 is 2.60 bits per heavy atom. The van der Waals surface area contributed by atoms with E-state index in [1.807, 2.05) is 0 Å². The van der Waals surface area contributed by atoms with Crippen molar-refractivity contribution in [2.45, 2.75) is 6.18 Å². The van der Waals surface area contributed by atoms with Gasteiger partial charge in [0.2, 0.25) is 0 Å². The Labute approximate surface area is 116 Å². The van der Waals surface area contributed by atoms with Crippen LogP contribution in [0.25, 0.3) is 0 Å². The minimum atomic E-state index is -4.61. The zero-order chi connectivity index (χ0) is 15.3. The lowest BCUT2D eigenvalue weighted by Gasteiger charge is -2.09. The van der Waals surface area contributed by atoms with Crippen molar-refractivity contribution in [3.8, 4) is 6.19 Å². The molecule has 0 spiro atoms. The highest BCUT2D eigenvalue weighted by Crippen LogP contribution is 2.33. The summed E-state index contributed by atoms with van der Waals surface area (Å²) in [6.45, 7) is 0. The van der Waals surface area contributed by atoms with Crippen LogP contribution in [0.1, 0.15) is 15.9 Å². The van der Waals surface area contributed by atoms with E-state index < -0.39 is 17.7 Å². The number of carbonyl (C=O) groups is 1. The molecule has 0 fully saturated rings. The molecule has 0 heterocycles. The zero-order valence-corrected chi connectivity index (χ0v) is 10.8. The van der Waals surface area contributed by atoms with Crippen LogP contribution in [-0.4, -0.2) is 22.5 Å². The summed E-state index contributed by atoms with van der Waals surface area (Å²) in [6.07, 6.45) is -1.51. The Morgan fingerprint density at radius 1 is 1.50 bits per heavy atom. The first-order valence-corrected chi connectivity index (χ1v) is 6.24. The molecule has 106 valence electrons. The number of rotatable bonds is 2. The molecule has 0 aliphatic rings. The van der Waals surface area contributed by atoms with Crippen LogP contribution in [0.15, 0.2) is 23.2 Å². The average molecular weight is 303 g/mol. The molecule has 2 N–H and O–H groups in total. The number of amidine groups is 1. The van der Waals surface area contributed by atoms with E-state index in [2.05, 4.69) is 10.3 Å². The van der Waals surface area contributed by atoms with Crippen molar-refractivity contribution in [2.75, 3.05) is 6.26 Å². The molecule has 1 aromatic carbocycles. The third-order valence-electron chi connectivity index (χ3n) is 2.13. The van der Waals surface area contributed by atoms with E-state index in [1.54, 1.807) is 6.19 Å². The lowest BCUT2D eigenvalue weighted by atomic mass is 10.1. The van der Waals surface area contributed by atoms with Crippen molar-refractivity contribution >= 4 is 28.6 Å². The van der Waals surface area contributed by atoms with Gasteiger partial charge in [0.15, 0.2) is 11.4 Å². The number of nitrogens with one attached hydrogen (secondary N) is 1. The quantitative estimate of drug-likeness (QED) is 0.380. The lowest BCUT2D eigenvalue weighted by molar-refractivity contribution is -0.137. The van der Waals surface area contributed by atoms with Crippen LogP contribution in [0.3, 0.4) is 0 Å². The van der Waals surface area contributed by atoms with Gasteiger partial charge >= 0.3 is 12.1 Å². The maximum Gasteiger partial charge on any atom is 0.416 e. The van der Waals surface area contributed by atoms with Gasteiger partial charge in [0, 0.05) is 0 Å². The third-order valence-corrected chi connectivity index (χ3v) is 2.71. The molecule has 1 rings (SSSR count). The van der Waals surface area contributed by atoms with Crippen molar-refractivity contribution < 1.29 is 23.1 Å². The second-order valence-corrected chi connectivity index (χ2v) is 4.19. The number of benzene rings is 1. The molecule has 1 aromatic rings. The molecule has 0 aromatic heterocycles. The highest BCUT2D eigenvalue weighted by atomic mass is 32.2. The number of hydrogen-bond donors (Lipinski definition) is 2. The minimum absolute atomic E-state index is 0.00526. The number of carboxylic acid groups (broad SMARTS) is 1. The Morgan fingerprint density at radius 2 is 2.15 bits per heavy atom. The van der Waals surface area contributed by atoms with Gasteiger partial charge < -0.3 is 5.11 Å². The van der Waals surface area contributed by atoms with Gasteiger partial charge in [-0.05, 0) is 24.5 Å². The average Bonchev–Trinajstić information content (AvgIpc) is 2.36. The van der Waals surface area contributed by atoms with Gasteiger partial charge in [-0.3, -0.25) is 5.32 Å². The Hall–Kier alpha value is -2.21. The maximum atomic E-state index is 12.6. The highest BCUT2D eigenvalue weighted by molar-refractivity contribution is 8.13. The predicted molar refractivity (Wildman–Crippen MR) is 67.8 cm³/mol. The van der Waals surface area contributed by atoms with Gasteiger partial charge in [-0.1, -0.05) is 11.8 Å². The first-order chi connectivity index (χ1) is 9.29. The van der Waals surface area contributed by atoms with E-state index in [4.69, 9.17) is 10.4 Å². The summed E-state index contributed by atoms with van der Waals surface area (Å²) in [5, 5.41) is 19.5. The number of aliphatic imine (C=N–C) groups is 1. The molecule has 20 heavy (non-hydrogen) atoms. The Balaban J connectivity index is 3.40. The molecular weight excluding hydrogens is 295 g/mol. The van der Waals surface area contributed by atoms with Crippen LogP contribution in [0, 0.1) is 11.5 Å². The molecule has 0 saturated heterocycles. The molecule has 0 atom stereocenters. The van der Waals surface area contributed by atoms with Gasteiger partial charge in [0.1, 0.15) is 0 Å². The predicted octanol–water partition coefficient (Wildman–Crippen LogP) is 2.82. The minimum Gasteiger partial charge on any atom is -0.478 e. The summed E-state index contributed by atoms with van der Waals surface area (Å²) >= 11 is 0.965. The van der Waals surface area contributed by atoms with Crippen LogP contribution >= 0.6 is 11.8 Å². The Kier molecular flexibility index (Phi) is 4.99. The molecule has 0 bridgehead atoms. The van der Waals surface area contributed by atoms with E-state index in [-0.39, 0.29) is 16.4 Å². The molecule has 5 nitrogen and oxygen atoms in total. The second kappa shape index (κ2) is 6.29. The first kappa shape index (κ1) is 15.8. The SMILES string of the molecule is CSC(=Nc1cc(C(F)(F)F)ccc1C(=O)O)NC#N. The van der Waals surface area contributed by atoms with E-state index >= 15 is 0 Å². The summed E-state index contributed by atoms with van der Waals surface area (Å²) < 4.78 is 37.8. The summed E-state index contributed by atoms with van der Waals surface area (Å²) in [7, 11) is 0. The summed E-state index contributed by atoms with van der Waals surface area (Å²) in [5.74, 6) is -1.41. The topological polar surface area (TPSA) is 85.5 Å². The number of nitrogens with zero attached hydrogens (tertiary/aromatic N) is 2. The van der Waals surface area contributed by atoms with Gasteiger partial charge in [-0.15, -0.1) is 0 Å². The van der Waals surface area contributed by atoms with Crippen molar-refractivity contribution in [3.63, 3.8) is 0 Å². The fourth-order valence-electron chi connectivity index (χ4n) is 1.26. The van der Waals surface area contributed by atoms with E-state index in [1.165, 1.54) is 6.26 Å². The van der Waals surface area contributed by atoms with E-state index in [0.29, 0.717) is 12.1 Å². The Bertz CT molecular complexity index is 594. The van der Waals surface area contributed by atoms with Crippen molar-refractivity contribution in [2.24, 2.45) is 4.99 Å². The largest absolute Gasteiger partial charge is 0.478 e. The highest BCUT2D eigenvalue weighted by Gasteiger charge is 2.31. The number of aromatic carboxylic acids is 1. The molecular formula is C11H8F3N3O2S. The number of nitriles is 1. The standard InChI is InChI=1S/C11H8F3N3O2S/c1-20-10(16-5-15)17-8-4-6(11(12,13)14)2-3-7(8)9(18)19/h2-4H,1H3,(H,16,17)(H,18,19). The molecule has 0 aliphatic carbocycles. The summed E-state index contributed by atoms with van der Waals surface area (Å²) in [4.78, 5) is 14.7. The van der Waals surface area contributed by atoms with Gasteiger partial charge in [0.25, 0.3) is 0 Å². The number of carboxylic acids is 1. The molecule has 9 heteroatoms. The fraction of sp³-hybridized carbons (Fsp3) is 0.182. The van der Waals surface area contributed by atoms with E-state index in [9.17, 15) is 18.0 Å². The first-order valence-electron chi connectivity index (χ1n) is 5.02. The molecule has 0 unspecified atom stereocenters. The van der Waals surface area contributed by atoms with Gasteiger partial charge in [-0.25, -0.2) is 9.79 Å². The van der Waals surface area contributed by atoms with Crippen molar-refractivity contribution in [1.29, 1.82) is 5.26 Å². The fourth-order valence-corrected chi connectivity index (χ4v) is 1.60. The molecule has 0 saturated carbocycles. The maximum absolute atomic E-state index is 12.6. The summed E-state index contributed by atoms with van der Waals surface area (Å²) in [6, 6.07) is 2.12. The van der Waals surface area contributed by atoms with Crippen molar-refractivity contribution in [1.82, 2.24) is 5.32 Å². The lowest BCUT2D eigenvalue weighted by Crippen LogP contribution is -2.13. The smallest absolute Gasteiger partial charge is 0.416 e. The van der Waals surface area contributed by atoms with Gasteiger partial charge in [0.05, 0.1) is 16.8 Å². The monoisotopic (exact) mass is 303 g/mol. The third kappa shape index (κ3) is 3.89. The van der Waals surface area contributed by atoms with Crippen LogP contribution < -0.4 is 5.32 Å². The van der Waals surface area contributed by atoms with E-state index in [0.717, 1.165) is 17.8 Å². The molecule has 0 amide bonds. The molecule has 0 radical (unpaired) electrons.